The SMILES string of the molecule is CCN(CC)C(=O)N(CCC(N)=S)C(C)C. The summed E-state index contributed by atoms with van der Waals surface area (Å²) in [6, 6.07) is 0.235. The zero-order valence-corrected chi connectivity index (χ0v) is 11.5. The van der Waals surface area contributed by atoms with Gasteiger partial charge in [0.2, 0.25) is 0 Å². The van der Waals surface area contributed by atoms with Gasteiger partial charge < -0.3 is 15.5 Å². The summed E-state index contributed by atoms with van der Waals surface area (Å²) in [6.45, 7) is 10.0. The van der Waals surface area contributed by atoms with Crippen molar-refractivity contribution in [3.8, 4) is 0 Å². The van der Waals surface area contributed by atoms with Crippen LogP contribution in [0, 0.1) is 0 Å². The van der Waals surface area contributed by atoms with Crippen molar-refractivity contribution in [2.75, 3.05) is 19.6 Å². The standard InChI is InChI=1S/C11H23N3OS/c1-5-13(6-2)11(15)14(9(3)4)8-7-10(12)16/h9H,5-8H2,1-4H3,(H2,12,16). The van der Waals surface area contributed by atoms with Crippen LogP contribution >= 0.6 is 12.2 Å². The van der Waals surface area contributed by atoms with Crippen molar-refractivity contribution in [1.82, 2.24) is 9.80 Å². The molecule has 0 aliphatic carbocycles. The van der Waals surface area contributed by atoms with Crippen LogP contribution in [0.1, 0.15) is 34.1 Å². The first-order valence-electron chi connectivity index (χ1n) is 5.77. The molecule has 0 aliphatic rings. The van der Waals surface area contributed by atoms with Crippen LogP contribution in [0.4, 0.5) is 4.79 Å². The van der Waals surface area contributed by atoms with Crippen molar-refractivity contribution in [3.05, 3.63) is 0 Å². The fourth-order valence-corrected chi connectivity index (χ4v) is 1.57. The first kappa shape index (κ1) is 15.2. The molecule has 0 unspecified atom stereocenters. The van der Waals surface area contributed by atoms with Crippen molar-refractivity contribution < 1.29 is 4.79 Å². The quantitative estimate of drug-likeness (QED) is 0.726. The molecular weight excluding hydrogens is 222 g/mol. The lowest BCUT2D eigenvalue weighted by Crippen LogP contribution is -2.47. The highest BCUT2D eigenvalue weighted by atomic mass is 32.1. The predicted octanol–water partition coefficient (Wildman–Crippen LogP) is 1.83. The van der Waals surface area contributed by atoms with Gasteiger partial charge in [-0.25, -0.2) is 4.79 Å². The third-order valence-corrected chi connectivity index (χ3v) is 2.71. The Hall–Kier alpha value is -0.840. The summed E-state index contributed by atoms with van der Waals surface area (Å²) in [5.41, 5.74) is 5.46. The summed E-state index contributed by atoms with van der Waals surface area (Å²) in [7, 11) is 0. The number of urea groups is 1. The van der Waals surface area contributed by atoms with Crippen LogP contribution in [0.3, 0.4) is 0 Å². The topological polar surface area (TPSA) is 49.6 Å². The van der Waals surface area contributed by atoms with E-state index in [2.05, 4.69) is 0 Å². The molecule has 0 fully saturated rings. The van der Waals surface area contributed by atoms with E-state index in [1.54, 1.807) is 4.90 Å². The average molecular weight is 245 g/mol. The van der Waals surface area contributed by atoms with Gasteiger partial charge in [0.15, 0.2) is 0 Å². The van der Waals surface area contributed by atoms with Crippen LogP contribution in [-0.4, -0.2) is 46.5 Å². The van der Waals surface area contributed by atoms with Crippen LogP contribution in [-0.2, 0) is 0 Å². The molecule has 0 aromatic carbocycles. The van der Waals surface area contributed by atoms with Crippen molar-refractivity contribution >= 4 is 23.2 Å². The Balaban J connectivity index is 4.51. The highest BCUT2D eigenvalue weighted by molar-refractivity contribution is 7.80. The first-order valence-corrected chi connectivity index (χ1v) is 6.18. The third kappa shape index (κ3) is 4.79. The van der Waals surface area contributed by atoms with Crippen molar-refractivity contribution in [2.45, 2.75) is 40.2 Å². The largest absolute Gasteiger partial charge is 0.393 e. The van der Waals surface area contributed by atoms with E-state index in [-0.39, 0.29) is 12.1 Å². The van der Waals surface area contributed by atoms with E-state index < -0.39 is 0 Å². The lowest BCUT2D eigenvalue weighted by Gasteiger charge is -2.32. The van der Waals surface area contributed by atoms with Crippen molar-refractivity contribution in [3.63, 3.8) is 0 Å². The van der Waals surface area contributed by atoms with Gasteiger partial charge in [-0.2, -0.15) is 0 Å². The fraction of sp³-hybridized carbons (Fsp3) is 0.818. The zero-order valence-electron chi connectivity index (χ0n) is 10.7. The minimum atomic E-state index is 0.0660. The molecule has 16 heavy (non-hydrogen) atoms. The van der Waals surface area contributed by atoms with Gasteiger partial charge in [-0.3, -0.25) is 0 Å². The molecule has 0 rings (SSSR count). The smallest absolute Gasteiger partial charge is 0.320 e. The lowest BCUT2D eigenvalue weighted by atomic mass is 10.3. The number of hydrogen-bond donors (Lipinski definition) is 1. The Kier molecular flexibility index (Phi) is 7.05. The van der Waals surface area contributed by atoms with E-state index in [1.165, 1.54) is 0 Å². The second kappa shape index (κ2) is 7.44. The van der Waals surface area contributed by atoms with Gasteiger partial charge in [-0.15, -0.1) is 0 Å². The molecular formula is C11H23N3OS. The summed E-state index contributed by atoms with van der Waals surface area (Å²) in [4.78, 5) is 16.2. The summed E-state index contributed by atoms with van der Waals surface area (Å²) < 4.78 is 0. The van der Waals surface area contributed by atoms with Crippen LogP contribution in [0.25, 0.3) is 0 Å². The number of nitrogens with two attached hydrogens (primary N) is 1. The molecule has 0 atom stereocenters. The first-order chi connectivity index (χ1) is 7.43. The highest BCUT2D eigenvalue weighted by Crippen LogP contribution is 2.05. The molecule has 4 nitrogen and oxygen atoms in total. The van der Waals surface area contributed by atoms with Crippen LogP contribution in [0.2, 0.25) is 0 Å². The molecule has 0 aromatic heterocycles. The molecule has 0 aliphatic heterocycles. The molecule has 0 heterocycles. The van der Waals surface area contributed by atoms with Gasteiger partial charge in [0.05, 0.1) is 4.99 Å². The van der Waals surface area contributed by atoms with Gasteiger partial charge in [-0.05, 0) is 27.7 Å². The molecule has 0 spiro atoms. The summed E-state index contributed by atoms with van der Waals surface area (Å²) >= 11 is 4.84. The van der Waals surface area contributed by atoms with E-state index in [4.69, 9.17) is 18.0 Å². The summed E-state index contributed by atoms with van der Waals surface area (Å²) in [5, 5.41) is 0. The van der Waals surface area contributed by atoms with Crippen molar-refractivity contribution in [1.29, 1.82) is 0 Å². The maximum absolute atomic E-state index is 12.1. The molecule has 0 saturated heterocycles. The monoisotopic (exact) mass is 245 g/mol. The lowest BCUT2D eigenvalue weighted by molar-refractivity contribution is 0.146. The molecule has 5 heteroatoms. The molecule has 0 aromatic rings. The Morgan fingerprint density at radius 2 is 1.81 bits per heavy atom. The normalized spacial score (nSPS) is 10.3. The maximum atomic E-state index is 12.1. The molecule has 0 bridgehead atoms. The number of amides is 2. The third-order valence-electron chi connectivity index (χ3n) is 2.50. The maximum Gasteiger partial charge on any atom is 0.320 e. The van der Waals surface area contributed by atoms with E-state index >= 15 is 0 Å². The number of nitrogens with zero attached hydrogens (tertiary/aromatic N) is 2. The van der Waals surface area contributed by atoms with E-state index in [1.807, 2.05) is 32.6 Å². The van der Waals surface area contributed by atoms with Crippen LogP contribution < -0.4 is 5.73 Å². The molecule has 94 valence electrons. The Morgan fingerprint density at radius 3 is 2.12 bits per heavy atom. The minimum absolute atomic E-state index is 0.0660. The average Bonchev–Trinajstić information content (AvgIpc) is 2.18. The number of thiocarbonyl (C=S) groups is 1. The van der Waals surface area contributed by atoms with Crippen LogP contribution in [0.15, 0.2) is 0 Å². The highest BCUT2D eigenvalue weighted by Gasteiger charge is 2.20. The summed E-state index contributed by atoms with van der Waals surface area (Å²) in [6.07, 6.45) is 0.584. The molecule has 0 saturated carbocycles. The van der Waals surface area contributed by atoms with Gasteiger partial charge in [-0.1, -0.05) is 12.2 Å². The second-order valence-corrected chi connectivity index (χ2v) is 4.48. The van der Waals surface area contributed by atoms with Crippen LogP contribution in [0.5, 0.6) is 0 Å². The van der Waals surface area contributed by atoms with Gasteiger partial charge in [0.25, 0.3) is 0 Å². The Bertz CT molecular complexity index is 239. The fourth-order valence-electron chi connectivity index (χ4n) is 1.48. The van der Waals surface area contributed by atoms with Gasteiger partial charge in [0.1, 0.15) is 0 Å². The van der Waals surface area contributed by atoms with E-state index in [9.17, 15) is 4.79 Å². The predicted molar refractivity (Wildman–Crippen MR) is 71.6 cm³/mol. The number of hydrogen-bond acceptors (Lipinski definition) is 2. The minimum Gasteiger partial charge on any atom is -0.393 e. The second-order valence-electron chi connectivity index (χ2n) is 3.96. The Labute approximate surface area is 104 Å². The van der Waals surface area contributed by atoms with E-state index in [0.717, 1.165) is 13.1 Å². The molecule has 2 N–H and O–H groups in total. The Morgan fingerprint density at radius 1 is 1.31 bits per heavy atom. The number of rotatable bonds is 6. The van der Waals surface area contributed by atoms with Crippen molar-refractivity contribution in [2.24, 2.45) is 5.73 Å². The molecule has 0 radical (unpaired) electrons. The molecule has 2 amide bonds. The van der Waals surface area contributed by atoms with Gasteiger partial charge in [0, 0.05) is 32.1 Å². The number of carbonyl (C=O) groups excluding carboxylic acids is 1. The van der Waals surface area contributed by atoms with Gasteiger partial charge >= 0.3 is 6.03 Å². The summed E-state index contributed by atoms with van der Waals surface area (Å²) in [5.74, 6) is 0. The zero-order chi connectivity index (χ0) is 12.7. The number of carbonyl (C=O) groups is 1. The van der Waals surface area contributed by atoms with E-state index in [0.29, 0.717) is 18.0 Å².